The lowest BCUT2D eigenvalue weighted by atomic mass is 9.77. The zero-order chi connectivity index (χ0) is 9.90. The van der Waals surface area contributed by atoms with Gasteiger partial charge in [-0.1, -0.05) is 0 Å². The number of nitrogens with two attached hydrogens (primary N) is 1. The Labute approximate surface area is 86.2 Å². The summed E-state index contributed by atoms with van der Waals surface area (Å²) in [6.07, 6.45) is 5.90. The number of rotatable bonds is 5. The van der Waals surface area contributed by atoms with Crippen molar-refractivity contribution in [1.82, 2.24) is 4.90 Å². The van der Waals surface area contributed by atoms with Crippen molar-refractivity contribution < 1.29 is 0 Å². The second-order valence-electron chi connectivity index (χ2n) is 4.44. The van der Waals surface area contributed by atoms with Crippen molar-refractivity contribution in [2.75, 3.05) is 25.6 Å². The van der Waals surface area contributed by atoms with Crippen LogP contribution in [0.3, 0.4) is 0 Å². The predicted octanol–water partition coefficient (Wildman–Crippen LogP) is 1.55. The molecule has 0 aromatic carbocycles. The van der Waals surface area contributed by atoms with Gasteiger partial charge in [0.2, 0.25) is 0 Å². The average molecular weight is 202 g/mol. The molecule has 1 saturated carbocycles. The Kier molecular flexibility index (Phi) is 4.07. The second kappa shape index (κ2) is 4.67. The molecule has 13 heavy (non-hydrogen) atoms. The molecule has 0 aromatic rings. The van der Waals surface area contributed by atoms with E-state index in [9.17, 15) is 0 Å². The molecule has 1 unspecified atom stereocenters. The summed E-state index contributed by atoms with van der Waals surface area (Å²) >= 11 is 1.91. The molecule has 0 spiro atoms. The van der Waals surface area contributed by atoms with Gasteiger partial charge in [-0.15, -0.1) is 0 Å². The highest BCUT2D eigenvalue weighted by Crippen LogP contribution is 2.30. The highest BCUT2D eigenvalue weighted by atomic mass is 32.2. The second-order valence-corrected chi connectivity index (χ2v) is 5.35. The largest absolute Gasteiger partial charge is 0.324 e. The van der Waals surface area contributed by atoms with Crippen LogP contribution in [0.15, 0.2) is 0 Å². The van der Waals surface area contributed by atoms with Gasteiger partial charge in [-0.05, 0) is 39.5 Å². The fraction of sp³-hybridized carbons (Fsp3) is 1.00. The molecular formula is C10H22N2S. The highest BCUT2D eigenvalue weighted by molar-refractivity contribution is 7.98. The van der Waals surface area contributed by atoms with Crippen LogP contribution >= 0.6 is 11.8 Å². The monoisotopic (exact) mass is 202 g/mol. The lowest BCUT2D eigenvalue weighted by molar-refractivity contribution is 0.145. The van der Waals surface area contributed by atoms with E-state index in [1.807, 2.05) is 11.8 Å². The summed E-state index contributed by atoms with van der Waals surface area (Å²) in [6, 6.07) is 0.649. The van der Waals surface area contributed by atoms with E-state index in [1.165, 1.54) is 25.0 Å². The van der Waals surface area contributed by atoms with Crippen LogP contribution in [0.4, 0.5) is 0 Å². The highest BCUT2D eigenvalue weighted by Gasteiger charge is 2.34. The van der Waals surface area contributed by atoms with Gasteiger partial charge < -0.3 is 10.6 Å². The van der Waals surface area contributed by atoms with Gasteiger partial charge in [0.1, 0.15) is 0 Å². The third-order valence-corrected chi connectivity index (χ3v) is 3.89. The van der Waals surface area contributed by atoms with Gasteiger partial charge in [0.05, 0.1) is 0 Å². The van der Waals surface area contributed by atoms with Gasteiger partial charge in [-0.25, -0.2) is 0 Å². The summed E-state index contributed by atoms with van der Waals surface area (Å²) in [4.78, 5) is 2.40. The Bertz CT molecular complexity index is 157. The molecule has 0 aliphatic heterocycles. The number of hydrogen-bond donors (Lipinski definition) is 1. The fourth-order valence-electron chi connectivity index (χ4n) is 1.81. The minimum Gasteiger partial charge on any atom is -0.324 e. The summed E-state index contributed by atoms with van der Waals surface area (Å²) in [6.45, 7) is 3.34. The standard InChI is InChI=1S/C10H22N2S/c1-9(7-13-3)12(2)8-10(11)5-4-6-10/h9H,4-8,11H2,1-3H3. The Morgan fingerprint density at radius 2 is 2.15 bits per heavy atom. The van der Waals surface area contributed by atoms with Crippen LogP contribution in [0.5, 0.6) is 0 Å². The topological polar surface area (TPSA) is 29.3 Å². The molecule has 0 heterocycles. The SMILES string of the molecule is CSCC(C)N(C)CC1(N)CCC1. The van der Waals surface area contributed by atoms with E-state index >= 15 is 0 Å². The summed E-state index contributed by atoms with van der Waals surface area (Å²) in [7, 11) is 2.19. The van der Waals surface area contributed by atoms with Gasteiger partial charge in [0, 0.05) is 23.9 Å². The Morgan fingerprint density at radius 3 is 2.54 bits per heavy atom. The van der Waals surface area contributed by atoms with E-state index in [0.717, 1.165) is 6.54 Å². The van der Waals surface area contributed by atoms with Crippen molar-refractivity contribution in [3.63, 3.8) is 0 Å². The van der Waals surface area contributed by atoms with Crippen molar-refractivity contribution in [2.24, 2.45) is 5.73 Å². The number of hydrogen-bond acceptors (Lipinski definition) is 3. The van der Waals surface area contributed by atoms with E-state index < -0.39 is 0 Å². The third-order valence-electron chi connectivity index (χ3n) is 3.07. The first kappa shape index (κ1) is 11.3. The van der Waals surface area contributed by atoms with Crippen LogP contribution in [0.2, 0.25) is 0 Å². The summed E-state index contributed by atoms with van der Waals surface area (Å²) in [5.74, 6) is 1.20. The first-order chi connectivity index (χ1) is 6.07. The van der Waals surface area contributed by atoms with Crippen molar-refractivity contribution in [3.05, 3.63) is 0 Å². The van der Waals surface area contributed by atoms with Gasteiger partial charge in [0.15, 0.2) is 0 Å². The Hall–Kier alpha value is 0.270. The molecule has 0 saturated heterocycles. The maximum absolute atomic E-state index is 6.19. The molecule has 1 rings (SSSR count). The van der Waals surface area contributed by atoms with E-state index in [1.54, 1.807) is 0 Å². The molecule has 2 nitrogen and oxygen atoms in total. The summed E-state index contributed by atoms with van der Waals surface area (Å²) in [5, 5.41) is 0. The maximum atomic E-state index is 6.19. The quantitative estimate of drug-likeness (QED) is 0.733. The van der Waals surface area contributed by atoms with E-state index in [0.29, 0.717) is 6.04 Å². The number of likely N-dealkylation sites (N-methyl/N-ethyl adjacent to an activating group) is 1. The van der Waals surface area contributed by atoms with E-state index in [-0.39, 0.29) is 5.54 Å². The van der Waals surface area contributed by atoms with Crippen LogP contribution < -0.4 is 5.73 Å². The Morgan fingerprint density at radius 1 is 1.54 bits per heavy atom. The maximum Gasteiger partial charge on any atom is 0.0283 e. The molecule has 1 atom stereocenters. The predicted molar refractivity (Wildman–Crippen MR) is 61.2 cm³/mol. The molecule has 78 valence electrons. The van der Waals surface area contributed by atoms with Gasteiger partial charge >= 0.3 is 0 Å². The van der Waals surface area contributed by atoms with Crippen LogP contribution in [-0.4, -0.2) is 42.1 Å². The van der Waals surface area contributed by atoms with Gasteiger partial charge in [0.25, 0.3) is 0 Å². The zero-order valence-electron chi connectivity index (χ0n) is 9.05. The zero-order valence-corrected chi connectivity index (χ0v) is 9.86. The molecule has 0 radical (unpaired) electrons. The first-order valence-electron chi connectivity index (χ1n) is 5.05. The smallest absolute Gasteiger partial charge is 0.0283 e. The van der Waals surface area contributed by atoms with Crippen LogP contribution in [0.25, 0.3) is 0 Å². The lowest BCUT2D eigenvalue weighted by Gasteiger charge is -2.42. The molecular weight excluding hydrogens is 180 g/mol. The normalized spacial score (nSPS) is 22.8. The van der Waals surface area contributed by atoms with Gasteiger partial charge in [-0.3, -0.25) is 0 Å². The first-order valence-corrected chi connectivity index (χ1v) is 6.45. The van der Waals surface area contributed by atoms with Crippen molar-refractivity contribution in [2.45, 2.75) is 37.8 Å². The van der Waals surface area contributed by atoms with Crippen LogP contribution in [-0.2, 0) is 0 Å². The average Bonchev–Trinajstić information content (AvgIpc) is 2.02. The summed E-state index contributed by atoms with van der Waals surface area (Å²) in [5.41, 5.74) is 6.33. The molecule has 2 N–H and O–H groups in total. The van der Waals surface area contributed by atoms with Crippen LogP contribution in [0, 0.1) is 0 Å². The van der Waals surface area contributed by atoms with Crippen molar-refractivity contribution in [1.29, 1.82) is 0 Å². The van der Waals surface area contributed by atoms with Gasteiger partial charge in [-0.2, -0.15) is 11.8 Å². The van der Waals surface area contributed by atoms with E-state index in [2.05, 4.69) is 25.1 Å². The molecule has 0 aromatic heterocycles. The van der Waals surface area contributed by atoms with E-state index in [4.69, 9.17) is 5.73 Å². The molecule has 0 amide bonds. The molecule has 0 bridgehead atoms. The van der Waals surface area contributed by atoms with Crippen LogP contribution in [0.1, 0.15) is 26.2 Å². The fourth-order valence-corrected chi connectivity index (χ4v) is 2.55. The third kappa shape index (κ3) is 3.15. The molecule has 1 aliphatic rings. The number of nitrogens with zero attached hydrogens (tertiary/aromatic N) is 1. The van der Waals surface area contributed by atoms with Crippen molar-refractivity contribution in [3.8, 4) is 0 Å². The summed E-state index contributed by atoms with van der Waals surface area (Å²) < 4.78 is 0. The minimum absolute atomic E-state index is 0.140. The molecule has 1 fully saturated rings. The lowest BCUT2D eigenvalue weighted by Crippen LogP contribution is -2.55. The minimum atomic E-state index is 0.140. The van der Waals surface area contributed by atoms with Crippen molar-refractivity contribution >= 4 is 11.8 Å². The Balaban J connectivity index is 2.26. The molecule has 1 aliphatic carbocycles. The molecule has 3 heteroatoms. The number of thioether (sulfide) groups is 1.